The van der Waals surface area contributed by atoms with Crippen molar-refractivity contribution in [2.45, 2.75) is 25.4 Å². The Morgan fingerprint density at radius 1 is 1.40 bits per heavy atom. The lowest BCUT2D eigenvalue weighted by atomic mass is 10.1. The molecule has 0 saturated heterocycles. The minimum Gasteiger partial charge on any atom is -0.346 e. The molecular weight excluding hydrogens is 192 g/mol. The molecule has 0 aromatic carbocycles. The number of rotatable bonds is 2. The van der Waals surface area contributed by atoms with Gasteiger partial charge in [-0.2, -0.15) is 0 Å². The van der Waals surface area contributed by atoms with Crippen molar-refractivity contribution in [2.75, 3.05) is 0 Å². The van der Waals surface area contributed by atoms with E-state index in [2.05, 4.69) is 5.32 Å². The van der Waals surface area contributed by atoms with Crippen molar-refractivity contribution < 1.29 is 9.59 Å². The largest absolute Gasteiger partial charge is 0.346 e. The number of amides is 1. The molecule has 78 valence electrons. The monoisotopic (exact) mass is 204 g/mol. The van der Waals surface area contributed by atoms with Crippen molar-refractivity contribution in [3.63, 3.8) is 0 Å². The zero-order valence-electron chi connectivity index (χ0n) is 8.27. The maximum absolute atomic E-state index is 11.7. The van der Waals surface area contributed by atoms with E-state index in [9.17, 15) is 9.59 Å². The first kappa shape index (κ1) is 8.71. The van der Waals surface area contributed by atoms with E-state index in [0.29, 0.717) is 17.3 Å². The van der Waals surface area contributed by atoms with E-state index in [1.807, 2.05) is 4.57 Å². The third-order valence-corrected chi connectivity index (χ3v) is 3.25. The van der Waals surface area contributed by atoms with E-state index >= 15 is 0 Å². The van der Waals surface area contributed by atoms with Gasteiger partial charge in [-0.15, -0.1) is 0 Å². The third-order valence-electron chi connectivity index (χ3n) is 3.25. The number of aldehydes is 1. The van der Waals surface area contributed by atoms with Crippen molar-refractivity contribution in [1.29, 1.82) is 0 Å². The Morgan fingerprint density at radius 3 is 2.87 bits per heavy atom. The summed E-state index contributed by atoms with van der Waals surface area (Å²) in [6.07, 6.45) is 3.20. The smallest absolute Gasteiger partial charge is 0.268 e. The van der Waals surface area contributed by atoms with Crippen molar-refractivity contribution >= 4 is 12.2 Å². The van der Waals surface area contributed by atoms with E-state index in [1.54, 1.807) is 12.1 Å². The second kappa shape index (κ2) is 2.95. The molecule has 1 atom stereocenters. The summed E-state index contributed by atoms with van der Waals surface area (Å²) >= 11 is 0. The number of aromatic nitrogens is 1. The highest BCUT2D eigenvalue weighted by Gasteiger charge is 2.36. The van der Waals surface area contributed by atoms with Gasteiger partial charge in [-0.05, 0) is 30.9 Å². The van der Waals surface area contributed by atoms with Crippen molar-refractivity contribution in [1.82, 2.24) is 9.88 Å². The molecule has 15 heavy (non-hydrogen) atoms. The molecule has 2 aliphatic rings. The van der Waals surface area contributed by atoms with Crippen molar-refractivity contribution in [3.05, 3.63) is 23.5 Å². The van der Waals surface area contributed by atoms with Crippen LogP contribution in [0.2, 0.25) is 0 Å². The fraction of sp³-hybridized carbons (Fsp3) is 0.455. The van der Waals surface area contributed by atoms with Gasteiger partial charge in [0.25, 0.3) is 5.91 Å². The summed E-state index contributed by atoms with van der Waals surface area (Å²) in [5, 5.41) is 3.00. The SMILES string of the molecule is O=Cc1ccc2n1CC(C1CC1)NC2=O. The summed E-state index contributed by atoms with van der Waals surface area (Å²) < 4.78 is 1.83. The second-order valence-electron chi connectivity index (χ2n) is 4.29. The third kappa shape index (κ3) is 1.28. The Kier molecular flexibility index (Phi) is 1.71. The fourth-order valence-corrected chi connectivity index (χ4v) is 2.24. The van der Waals surface area contributed by atoms with Gasteiger partial charge >= 0.3 is 0 Å². The van der Waals surface area contributed by atoms with Gasteiger partial charge < -0.3 is 9.88 Å². The minimum absolute atomic E-state index is 0.0498. The van der Waals surface area contributed by atoms with Crippen LogP contribution in [-0.4, -0.2) is 22.8 Å². The van der Waals surface area contributed by atoms with Crippen LogP contribution < -0.4 is 5.32 Å². The van der Waals surface area contributed by atoms with E-state index < -0.39 is 0 Å². The Bertz CT molecular complexity index is 432. The maximum atomic E-state index is 11.7. The lowest BCUT2D eigenvalue weighted by Crippen LogP contribution is -2.45. The Labute approximate surface area is 87.3 Å². The summed E-state index contributed by atoms with van der Waals surface area (Å²) in [4.78, 5) is 22.5. The molecule has 1 aromatic heterocycles. The molecule has 1 N–H and O–H groups in total. The topological polar surface area (TPSA) is 51.1 Å². The van der Waals surface area contributed by atoms with Gasteiger partial charge in [0.15, 0.2) is 6.29 Å². The number of fused-ring (bicyclic) bond motifs is 1. The molecular formula is C11H12N2O2. The molecule has 1 unspecified atom stereocenters. The van der Waals surface area contributed by atoms with E-state index in [0.717, 1.165) is 12.8 Å². The standard InChI is InChI=1S/C11H12N2O2/c14-6-8-3-4-10-11(15)12-9(5-13(8)10)7-1-2-7/h3-4,6-7,9H,1-2,5H2,(H,12,15). The van der Waals surface area contributed by atoms with Crippen LogP contribution in [0.3, 0.4) is 0 Å². The van der Waals surface area contributed by atoms with E-state index in [-0.39, 0.29) is 11.9 Å². The molecule has 0 radical (unpaired) electrons. The molecule has 0 bridgehead atoms. The molecule has 4 heteroatoms. The van der Waals surface area contributed by atoms with Crippen LogP contribution in [0.15, 0.2) is 12.1 Å². The first-order valence-corrected chi connectivity index (χ1v) is 5.25. The first-order chi connectivity index (χ1) is 7.29. The Morgan fingerprint density at radius 2 is 2.20 bits per heavy atom. The highest BCUT2D eigenvalue weighted by molar-refractivity contribution is 5.95. The van der Waals surface area contributed by atoms with Gasteiger partial charge in [0, 0.05) is 12.6 Å². The van der Waals surface area contributed by atoms with Gasteiger partial charge in [0.05, 0.1) is 5.69 Å². The average molecular weight is 204 g/mol. The summed E-state index contributed by atoms with van der Waals surface area (Å²) in [6.45, 7) is 0.743. The molecule has 1 aliphatic carbocycles. The molecule has 3 rings (SSSR count). The molecule has 1 amide bonds. The number of hydrogen-bond acceptors (Lipinski definition) is 2. The minimum atomic E-state index is -0.0498. The quantitative estimate of drug-likeness (QED) is 0.725. The molecule has 4 nitrogen and oxygen atoms in total. The van der Waals surface area contributed by atoms with E-state index in [1.165, 1.54) is 12.8 Å². The number of nitrogens with zero attached hydrogens (tertiary/aromatic N) is 1. The number of nitrogens with one attached hydrogen (secondary N) is 1. The normalized spacial score (nSPS) is 24.5. The Balaban J connectivity index is 1.99. The molecule has 1 saturated carbocycles. The summed E-state index contributed by atoms with van der Waals surface area (Å²) in [5.41, 5.74) is 1.21. The van der Waals surface area contributed by atoms with Gasteiger partial charge in [-0.3, -0.25) is 9.59 Å². The van der Waals surface area contributed by atoms with Crippen LogP contribution in [0.4, 0.5) is 0 Å². The summed E-state index contributed by atoms with van der Waals surface area (Å²) in [7, 11) is 0. The average Bonchev–Trinajstić information content (AvgIpc) is 2.99. The highest BCUT2D eigenvalue weighted by atomic mass is 16.2. The fourth-order valence-electron chi connectivity index (χ4n) is 2.24. The number of carbonyl (C=O) groups excluding carboxylic acids is 2. The highest BCUT2D eigenvalue weighted by Crippen LogP contribution is 2.35. The molecule has 1 aromatic rings. The molecule has 0 spiro atoms. The first-order valence-electron chi connectivity index (χ1n) is 5.25. The lowest BCUT2D eigenvalue weighted by molar-refractivity contribution is 0.0892. The Hall–Kier alpha value is -1.58. The van der Waals surface area contributed by atoms with Crippen LogP contribution in [0, 0.1) is 5.92 Å². The van der Waals surface area contributed by atoms with Crippen molar-refractivity contribution in [2.24, 2.45) is 5.92 Å². The molecule has 2 heterocycles. The van der Waals surface area contributed by atoms with Gasteiger partial charge in [-0.1, -0.05) is 0 Å². The van der Waals surface area contributed by atoms with Crippen LogP contribution in [-0.2, 0) is 6.54 Å². The van der Waals surface area contributed by atoms with Crippen LogP contribution in [0.25, 0.3) is 0 Å². The van der Waals surface area contributed by atoms with Crippen molar-refractivity contribution in [3.8, 4) is 0 Å². The zero-order chi connectivity index (χ0) is 10.4. The predicted octanol–water partition coefficient (Wildman–Crippen LogP) is 0.823. The number of hydrogen-bond donors (Lipinski definition) is 1. The van der Waals surface area contributed by atoms with Gasteiger partial charge in [0.2, 0.25) is 0 Å². The second-order valence-corrected chi connectivity index (χ2v) is 4.29. The van der Waals surface area contributed by atoms with Crippen LogP contribution >= 0.6 is 0 Å². The molecule has 1 aliphatic heterocycles. The maximum Gasteiger partial charge on any atom is 0.268 e. The number of carbonyl (C=O) groups is 2. The zero-order valence-corrected chi connectivity index (χ0v) is 8.27. The van der Waals surface area contributed by atoms with Crippen LogP contribution in [0.5, 0.6) is 0 Å². The summed E-state index contributed by atoms with van der Waals surface area (Å²) in [5.74, 6) is 0.565. The summed E-state index contributed by atoms with van der Waals surface area (Å²) in [6, 6.07) is 3.63. The lowest BCUT2D eigenvalue weighted by Gasteiger charge is -2.26. The molecule has 1 fully saturated rings. The predicted molar refractivity (Wildman–Crippen MR) is 53.8 cm³/mol. The van der Waals surface area contributed by atoms with Gasteiger partial charge in [-0.25, -0.2) is 0 Å². The van der Waals surface area contributed by atoms with E-state index in [4.69, 9.17) is 0 Å². The van der Waals surface area contributed by atoms with Gasteiger partial charge in [0.1, 0.15) is 5.69 Å². The van der Waals surface area contributed by atoms with Crippen LogP contribution in [0.1, 0.15) is 33.8 Å².